The minimum Gasteiger partial charge on any atom is -0.457 e. The van der Waals surface area contributed by atoms with Crippen LogP contribution >= 0.6 is 0 Å². The second-order valence-electron chi connectivity index (χ2n) is 16.2. The number of alkyl halides is 6. The Hall–Kier alpha value is -7.06. The first-order valence-electron chi connectivity index (χ1n) is 20.6. The van der Waals surface area contributed by atoms with Gasteiger partial charge in [-0.2, -0.15) is 26.3 Å². The fraction of sp³-hybridized carbons (Fsp3) is 0.127. The van der Waals surface area contributed by atoms with Crippen molar-refractivity contribution < 1.29 is 35.8 Å². The molecule has 0 saturated heterocycles. The molecule has 0 amide bonds. The van der Waals surface area contributed by atoms with Crippen LogP contribution < -0.4 is 9.47 Å². The topological polar surface area (TPSA) is 18.5 Å². The molecule has 2 aliphatic rings. The van der Waals surface area contributed by atoms with Gasteiger partial charge in [-0.05, 0) is 141 Å². The maximum absolute atomic E-state index is 15.3. The van der Waals surface area contributed by atoms with Gasteiger partial charge < -0.3 is 9.47 Å². The Labute approximate surface area is 361 Å². The molecule has 0 heterocycles. The number of para-hydroxylation sites is 2. The summed E-state index contributed by atoms with van der Waals surface area (Å²) in [6.45, 7) is 4.13. The molecular weight excluding hydrogens is 807 g/mol. The van der Waals surface area contributed by atoms with Crippen molar-refractivity contribution in [2.24, 2.45) is 0 Å². The molecule has 10 rings (SSSR count). The van der Waals surface area contributed by atoms with E-state index >= 15 is 26.3 Å². The van der Waals surface area contributed by atoms with Gasteiger partial charge in [0.25, 0.3) is 0 Å². The third-order valence-electron chi connectivity index (χ3n) is 12.6. The molecule has 8 aromatic carbocycles. The smallest absolute Gasteiger partial charge is 0.411 e. The van der Waals surface area contributed by atoms with Gasteiger partial charge in [0.05, 0.1) is 0 Å². The van der Waals surface area contributed by atoms with Crippen LogP contribution in [-0.4, -0.2) is 12.4 Å². The largest absolute Gasteiger partial charge is 0.457 e. The molecule has 0 aromatic heterocycles. The van der Waals surface area contributed by atoms with Gasteiger partial charge >= 0.3 is 12.4 Å². The van der Waals surface area contributed by atoms with Crippen LogP contribution in [0.5, 0.6) is 23.0 Å². The Bertz CT molecular complexity index is 2840. The summed E-state index contributed by atoms with van der Waals surface area (Å²) >= 11 is 0. The van der Waals surface area contributed by atoms with E-state index in [0.717, 1.165) is 104 Å². The fourth-order valence-corrected chi connectivity index (χ4v) is 9.71. The lowest BCUT2D eigenvalue weighted by Crippen LogP contribution is -2.54. The molecule has 8 heteroatoms. The molecule has 0 fully saturated rings. The number of hydrogen-bond donors (Lipinski definition) is 0. The third kappa shape index (κ3) is 6.58. The van der Waals surface area contributed by atoms with E-state index in [1.54, 1.807) is 24.3 Å². The summed E-state index contributed by atoms with van der Waals surface area (Å²) in [5, 5.41) is 0. The third-order valence-corrected chi connectivity index (χ3v) is 12.6. The monoisotopic (exact) mass is 844 g/mol. The van der Waals surface area contributed by atoms with Crippen molar-refractivity contribution in [2.75, 3.05) is 0 Å². The Balaban J connectivity index is 0.960. The molecule has 0 atom stereocenters. The van der Waals surface area contributed by atoms with E-state index in [1.165, 1.54) is 22.3 Å². The highest BCUT2D eigenvalue weighted by Crippen LogP contribution is 2.57. The van der Waals surface area contributed by atoms with E-state index in [4.69, 9.17) is 9.47 Å². The molecule has 63 heavy (non-hydrogen) atoms. The first-order valence-corrected chi connectivity index (χ1v) is 20.6. The van der Waals surface area contributed by atoms with Gasteiger partial charge in [-0.15, -0.1) is 0 Å². The molecule has 0 unspecified atom stereocenters. The molecule has 0 bridgehead atoms. The van der Waals surface area contributed by atoms with E-state index in [2.05, 4.69) is 38.1 Å². The Morgan fingerprint density at radius 3 is 1.10 bits per heavy atom. The number of benzene rings is 8. The number of ether oxygens (including phenoxy) is 2. The SMILES string of the molecule is Cc1ccc(-c2ccccc2Oc2ccc(C(c3ccc(Oc4ccccc4-c4ccc(C)c5c4Cc4ccccc4-5)cc3)(C(F)(F)F)C(F)(F)F)cc2)c2c1-c1ccccc1C2. The number of aryl methyl sites for hydroxylation is 2. The van der Waals surface area contributed by atoms with Crippen molar-refractivity contribution >= 4 is 0 Å². The molecule has 0 spiro atoms. The predicted octanol–water partition coefficient (Wildman–Crippen LogP) is 15.8. The van der Waals surface area contributed by atoms with Crippen LogP contribution in [0.25, 0.3) is 44.5 Å². The molecule has 2 nitrogen and oxygen atoms in total. The maximum atomic E-state index is 15.3. The van der Waals surface area contributed by atoms with E-state index < -0.39 is 28.9 Å². The van der Waals surface area contributed by atoms with Crippen LogP contribution in [0.3, 0.4) is 0 Å². The first-order chi connectivity index (χ1) is 30.3. The van der Waals surface area contributed by atoms with Gasteiger partial charge in [-0.25, -0.2) is 0 Å². The molecule has 312 valence electrons. The number of rotatable bonds is 8. The fourth-order valence-electron chi connectivity index (χ4n) is 9.71. The molecule has 0 radical (unpaired) electrons. The van der Waals surface area contributed by atoms with Crippen molar-refractivity contribution in [3.05, 3.63) is 214 Å². The lowest BCUT2D eigenvalue weighted by atomic mass is 9.73. The van der Waals surface area contributed by atoms with Crippen molar-refractivity contribution in [2.45, 2.75) is 44.5 Å². The lowest BCUT2D eigenvalue weighted by Gasteiger charge is -2.38. The van der Waals surface area contributed by atoms with Gasteiger partial charge in [-0.3, -0.25) is 0 Å². The van der Waals surface area contributed by atoms with Gasteiger partial charge in [0.2, 0.25) is 5.41 Å². The van der Waals surface area contributed by atoms with Crippen molar-refractivity contribution in [3.8, 4) is 67.5 Å². The summed E-state index contributed by atoms with van der Waals surface area (Å²) in [7, 11) is 0. The molecule has 0 N–H and O–H groups in total. The second-order valence-corrected chi connectivity index (χ2v) is 16.2. The zero-order chi connectivity index (χ0) is 43.7. The zero-order valence-electron chi connectivity index (χ0n) is 34.2. The zero-order valence-corrected chi connectivity index (χ0v) is 34.2. The Morgan fingerprint density at radius 1 is 0.365 bits per heavy atom. The average molecular weight is 845 g/mol. The molecule has 2 aliphatic carbocycles. The minimum atomic E-state index is -5.78. The van der Waals surface area contributed by atoms with Crippen molar-refractivity contribution in [3.63, 3.8) is 0 Å². The standard InChI is InChI=1S/C55H38F6O2/c1-33-19-29-43(47-31-35-11-3-5-13-41(35)51(33)47)45-15-7-9-17-49(45)62-39-25-21-37(22-26-39)53(54(56,57)58,55(59,60)61)38-23-27-40(28-24-38)63-50-18-10-8-16-46(50)44-30-20-34(2)52-42-14-6-4-12-36(42)32-48(44)52/h3-30H,31-32H2,1-2H3. The quantitative estimate of drug-likeness (QED) is 0.142. The predicted molar refractivity (Wildman–Crippen MR) is 236 cm³/mol. The van der Waals surface area contributed by atoms with Gasteiger partial charge in [-0.1, -0.05) is 133 Å². The number of halogens is 6. The highest BCUT2D eigenvalue weighted by atomic mass is 19.4. The summed E-state index contributed by atoms with van der Waals surface area (Å²) in [4.78, 5) is 0. The first kappa shape index (κ1) is 40.0. The van der Waals surface area contributed by atoms with Crippen LogP contribution in [0, 0.1) is 13.8 Å². The van der Waals surface area contributed by atoms with Gasteiger partial charge in [0, 0.05) is 11.1 Å². The van der Waals surface area contributed by atoms with E-state index in [1.807, 2.05) is 72.8 Å². The highest BCUT2D eigenvalue weighted by molar-refractivity contribution is 5.89. The van der Waals surface area contributed by atoms with Crippen molar-refractivity contribution in [1.82, 2.24) is 0 Å². The molecule has 8 aromatic rings. The average Bonchev–Trinajstić information content (AvgIpc) is 3.86. The Kier molecular flexibility index (Phi) is 9.59. The van der Waals surface area contributed by atoms with Crippen LogP contribution in [0.2, 0.25) is 0 Å². The van der Waals surface area contributed by atoms with Crippen LogP contribution in [0.1, 0.15) is 44.5 Å². The molecule has 0 saturated carbocycles. The van der Waals surface area contributed by atoms with Gasteiger partial charge in [0.1, 0.15) is 23.0 Å². The molecular formula is C55H38F6O2. The summed E-state index contributed by atoms with van der Waals surface area (Å²) in [6, 6.07) is 47.1. The van der Waals surface area contributed by atoms with E-state index in [0.29, 0.717) is 24.3 Å². The summed E-state index contributed by atoms with van der Waals surface area (Å²) in [6.07, 6.45) is -10.1. The lowest BCUT2D eigenvalue weighted by molar-refractivity contribution is -0.288. The summed E-state index contributed by atoms with van der Waals surface area (Å²) in [5.74, 6) is 1.00. The normalized spacial score (nSPS) is 13.0. The van der Waals surface area contributed by atoms with E-state index in [9.17, 15) is 0 Å². The highest BCUT2D eigenvalue weighted by Gasteiger charge is 2.72. The summed E-state index contributed by atoms with van der Waals surface area (Å²) in [5.41, 5.74) is 8.59. The van der Waals surface area contributed by atoms with Gasteiger partial charge in [0.15, 0.2) is 0 Å². The summed E-state index contributed by atoms with van der Waals surface area (Å²) < 4.78 is 104. The van der Waals surface area contributed by atoms with Crippen LogP contribution in [0.15, 0.2) is 170 Å². The Morgan fingerprint density at radius 2 is 0.714 bits per heavy atom. The van der Waals surface area contributed by atoms with E-state index in [-0.39, 0.29) is 11.5 Å². The minimum absolute atomic E-state index is 0.0852. The van der Waals surface area contributed by atoms with Crippen molar-refractivity contribution in [1.29, 1.82) is 0 Å². The second kappa shape index (κ2) is 15.1. The number of hydrogen-bond acceptors (Lipinski definition) is 2. The molecule has 0 aliphatic heterocycles. The van der Waals surface area contributed by atoms with Crippen LogP contribution in [-0.2, 0) is 18.3 Å². The maximum Gasteiger partial charge on any atom is 0.411 e. The number of fused-ring (bicyclic) bond motifs is 6. The van der Waals surface area contributed by atoms with Crippen LogP contribution in [0.4, 0.5) is 26.3 Å².